The topological polar surface area (TPSA) is 88.3 Å². The largest absolute Gasteiger partial charge is 0.350 e. The summed E-state index contributed by atoms with van der Waals surface area (Å²) in [6, 6.07) is 7.82. The molecule has 0 aromatic carbocycles. The Balaban J connectivity index is 1.73. The summed E-state index contributed by atoms with van der Waals surface area (Å²) in [4.78, 5) is 30.7. The Morgan fingerprint density at radius 2 is 2.03 bits per heavy atom. The van der Waals surface area contributed by atoms with Crippen molar-refractivity contribution in [3.63, 3.8) is 0 Å². The van der Waals surface area contributed by atoms with Crippen LogP contribution in [0.2, 0.25) is 0 Å². The fourth-order valence-corrected chi connectivity index (χ4v) is 5.17. The second-order valence-corrected chi connectivity index (χ2v) is 10.2. The number of carbonyl (C=O) groups is 1. The first-order valence-corrected chi connectivity index (χ1v) is 14.0. The number of rotatable bonds is 11. The van der Waals surface area contributed by atoms with Gasteiger partial charge in [-0.2, -0.15) is 5.10 Å². The molecule has 1 atom stereocenters. The maximum Gasteiger partial charge on any atom is 0.251 e. The molecule has 1 amide bonds. The smallest absolute Gasteiger partial charge is 0.251 e. The Labute approximate surface area is 225 Å². The Kier molecular flexibility index (Phi) is 9.10. The highest BCUT2D eigenvalue weighted by atomic mass is 32.1. The lowest BCUT2D eigenvalue weighted by atomic mass is 10.1. The minimum absolute atomic E-state index is 0.148. The Hall–Kier alpha value is -3.47. The van der Waals surface area contributed by atoms with Crippen LogP contribution in [0.4, 0.5) is 5.82 Å². The fraction of sp³-hybridized carbons (Fsp3) is 0.296. The first-order valence-electron chi connectivity index (χ1n) is 12.3. The molecule has 4 aromatic rings. The van der Waals surface area contributed by atoms with Crippen LogP contribution in [0.3, 0.4) is 0 Å². The molecule has 4 heterocycles. The van der Waals surface area contributed by atoms with E-state index in [0.29, 0.717) is 29.3 Å². The van der Waals surface area contributed by atoms with E-state index in [1.165, 1.54) is 11.3 Å². The molecule has 0 bridgehead atoms. The van der Waals surface area contributed by atoms with E-state index in [2.05, 4.69) is 41.1 Å². The van der Waals surface area contributed by atoms with Crippen molar-refractivity contribution in [3.8, 4) is 22.0 Å². The van der Waals surface area contributed by atoms with Gasteiger partial charge in [0.1, 0.15) is 10.7 Å². The van der Waals surface area contributed by atoms with Crippen molar-refractivity contribution in [2.45, 2.75) is 33.7 Å². The van der Waals surface area contributed by atoms with E-state index in [1.807, 2.05) is 48.3 Å². The van der Waals surface area contributed by atoms with Gasteiger partial charge in [0, 0.05) is 47.0 Å². The van der Waals surface area contributed by atoms with Crippen molar-refractivity contribution in [2.24, 2.45) is 4.99 Å². The summed E-state index contributed by atoms with van der Waals surface area (Å²) >= 11 is 3.09. The van der Waals surface area contributed by atoms with Gasteiger partial charge in [-0.05, 0) is 50.5 Å². The number of amides is 1. The summed E-state index contributed by atoms with van der Waals surface area (Å²) in [5, 5.41) is 12.3. The molecule has 1 unspecified atom stereocenters. The van der Waals surface area contributed by atoms with E-state index in [-0.39, 0.29) is 11.9 Å². The van der Waals surface area contributed by atoms with Crippen molar-refractivity contribution in [1.29, 1.82) is 0 Å². The number of carbonyl (C=O) groups excluding carboxylic acids is 1. The second kappa shape index (κ2) is 12.7. The van der Waals surface area contributed by atoms with E-state index >= 15 is 0 Å². The minimum atomic E-state index is -0.148. The molecule has 0 spiro atoms. The summed E-state index contributed by atoms with van der Waals surface area (Å²) in [5.41, 5.74) is 2.51. The molecule has 4 rings (SSSR count). The number of aromatic nitrogens is 4. The quantitative estimate of drug-likeness (QED) is 0.245. The normalized spacial score (nSPS) is 12.7. The van der Waals surface area contributed by atoms with E-state index in [4.69, 9.17) is 9.98 Å². The first-order chi connectivity index (χ1) is 18.0. The molecule has 0 radical (unpaired) electrons. The Bertz CT molecular complexity index is 1350. The van der Waals surface area contributed by atoms with Crippen LogP contribution in [-0.4, -0.2) is 62.4 Å². The van der Waals surface area contributed by atoms with Gasteiger partial charge in [-0.1, -0.05) is 26.0 Å². The van der Waals surface area contributed by atoms with E-state index in [0.717, 1.165) is 28.5 Å². The number of nitrogens with one attached hydrogen (secondary N) is 1. The third kappa shape index (κ3) is 6.46. The van der Waals surface area contributed by atoms with Crippen LogP contribution in [0.25, 0.3) is 28.2 Å². The molecule has 0 aliphatic heterocycles. The number of nitrogens with zero attached hydrogens (tertiary/aromatic N) is 6. The van der Waals surface area contributed by atoms with Gasteiger partial charge in [-0.3, -0.25) is 9.69 Å². The lowest BCUT2D eigenvalue weighted by Crippen LogP contribution is -2.42. The predicted molar refractivity (Wildman–Crippen MR) is 154 cm³/mol. The van der Waals surface area contributed by atoms with E-state index in [9.17, 15) is 4.79 Å². The zero-order valence-corrected chi connectivity index (χ0v) is 23.1. The Morgan fingerprint density at radius 3 is 2.70 bits per heavy atom. The number of aliphatic imine (C=N–C) groups is 1. The second-order valence-electron chi connectivity index (χ2n) is 8.33. The Morgan fingerprint density at radius 1 is 1.22 bits per heavy atom. The molecular weight excluding hydrogens is 502 g/mol. The number of likely N-dealkylation sites (N-methyl/N-ethyl adjacent to an activating group) is 1. The molecule has 10 heteroatoms. The van der Waals surface area contributed by atoms with E-state index < -0.39 is 0 Å². The van der Waals surface area contributed by atoms with Gasteiger partial charge in [0.15, 0.2) is 5.82 Å². The molecule has 1 N–H and O–H groups in total. The minimum Gasteiger partial charge on any atom is -0.350 e. The van der Waals surface area contributed by atoms with Gasteiger partial charge in [-0.15, -0.1) is 22.7 Å². The number of pyridine rings is 1. The van der Waals surface area contributed by atoms with Crippen molar-refractivity contribution in [2.75, 3.05) is 19.6 Å². The van der Waals surface area contributed by atoms with Gasteiger partial charge in [-0.25, -0.2) is 19.6 Å². The molecule has 0 saturated carbocycles. The highest BCUT2D eigenvalue weighted by Crippen LogP contribution is 2.32. The van der Waals surface area contributed by atoms with Crippen LogP contribution in [0, 0.1) is 0 Å². The van der Waals surface area contributed by atoms with Crippen LogP contribution < -0.4 is 5.32 Å². The standard InChI is InChI=1S/C27H31N7OS2/c1-5-11-34-25(29-17-21-9-8-12-36-21)22(18-31-34)23-14-20(15-24(32-23)27-28-10-13-37-27)26(35)30-16-19(4)33(6-2)7-3/h5,8-15,17-19H,6-7,16H2,1-4H3,(H,30,35)/b11-5-,29-17?. The summed E-state index contributed by atoms with van der Waals surface area (Å²) in [6.07, 6.45) is 9.03. The average Bonchev–Trinajstić information content (AvgIpc) is 3.69. The summed E-state index contributed by atoms with van der Waals surface area (Å²) < 4.78 is 1.71. The number of thiazole rings is 1. The number of hydrogen-bond donors (Lipinski definition) is 1. The molecule has 0 saturated heterocycles. The lowest BCUT2D eigenvalue weighted by Gasteiger charge is -2.26. The van der Waals surface area contributed by atoms with Crippen molar-refractivity contribution in [3.05, 3.63) is 63.9 Å². The molecular formula is C27H31N7OS2. The van der Waals surface area contributed by atoms with Crippen molar-refractivity contribution < 1.29 is 4.79 Å². The van der Waals surface area contributed by atoms with Crippen molar-refractivity contribution in [1.82, 2.24) is 30.0 Å². The van der Waals surface area contributed by atoms with Gasteiger partial charge in [0.25, 0.3) is 5.91 Å². The monoisotopic (exact) mass is 533 g/mol. The van der Waals surface area contributed by atoms with Gasteiger partial charge < -0.3 is 5.32 Å². The molecule has 37 heavy (non-hydrogen) atoms. The maximum absolute atomic E-state index is 13.3. The fourth-order valence-electron chi connectivity index (χ4n) is 3.98. The van der Waals surface area contributed by atoms with Gasteiger partial charge in [0.2, 0.25) is 0 Å². The molecule has 4 aromatic heterocycles. The summed E-state index contributed by atoms with van der Waals surface area (Å²) in [6.45, 7) is 10.7. The van der Waals surface area contributed by atoms with Crippen LogP contribution in [0.5, 0.6) is 0 Å². The van der Waals surface area contributed by atoms with Crippen LogP contribution in [0.15, 0.2) is 58.5 Å². The summed E-state index contributed by atoms with van der Waals surface area (Å²) in [5.74, 6) is 0.488. The van der Waals surface area contributed by atoms with E-state index in [1.54, 1.807) is 40.5 Å². The van der Waals surface area contributed by atoms with Gasteiger partial charge in [0.05, 0.1) is 17.5 Å². The molecule has 8 nitrogen and oxygen atoms in total. The highest BCUT2D eigenvalue weighted by Gasteiger charge is 2.19. The molecule has 0 aliphatic rings. The van der Waals surface area contributed by atoms with Crippen molar-refractivity contribution >= 4 is 46.8 Å². The molecule has 0 aliphatic carbocycles. The van der Waals surface area contributed by atoms with Crippen LogP contribution in [0.1, 0.15) is 42.9 Å². The zero-order valence-electron chi connectivity index (χ0n) is 21.5. The van der Waals surface area contributed by atoms with Gasteiger partial charge >= 0.3 is 0 Å². The third-order valence-corrected chi connectivity index (χ3v) is 7.53. The van der Waals surface area contributed by atoms with Crippen LogP contribution in [-0.2, 0) is 0 Å². The first kappa shape index (κ1) is 26.6. The highest BCUT2D eigenvalue weighted by molar-refractivity contribution is 7.13. The SMILES string of the molecule is C/C=C\n1ncc(-c2cc(C(=O)NCC(C)N(CC)CC)cc(-c3nccs3)n2)c1N=Cc1cccs1. The third-order valence-electron chi connectivity index (χ3n) is 5.93. The number of hydrogen-bond acceptors (Lipinski definition) is 8. The number of allylic oxidation sites excluding steroid dienone is 1. The predicted octanol–water partition coefficient (Wildman–Crippen LogP) is 5.83. The molecule has 192 valence electrons. The molecule has 0 fully saturated rings. The maximum atomic E-state index is 13.3. The zero-order chi connectivity index (χ0) is 26.2. The number of thiophene rings is 1. The lowest BCUT2D eigenvalue weighted by molar-refractivity contribution is 0.0938. The average molecular weight is 534 g/mol. The summed E-state index contributed by atoms with van der Waals surface area (Å²) in [7, 11) is 0. The van der Waals surface area contributed by atoms with Crippen LogP contribution >= 0.6 is 22.7 Å².